The van der Waals surface area contributed by atoms with E-state index in [1.54, 1.807) is 37.5 Å². The molecule has 0 spiro atoms. The van der Waals surface area contributed by atoms with Crippen molar-refractivity contribution < 1.29 is 14.3 Å². The van der Waals surface area contributed by atoms with Crippen molar-refractivity contribution in [2.75, 3.05) is 17.7 Å². The summed E-state index contributed by atoms with van der Waals surface area (Å²) in [5.74, 6) is 0.172. The van der Waals surface area contributed by atoms with Crippen molar-refractivity contribution in [3.05, 3.63) is 82.4 Å². The zero-order chi connectivity index (χ0) is 24.1. The Morgan fingerprint density at radius 1 is 0.941 bits per heavy atom. The van der Waals surface area contributed by atoms with E-state index < -0.39 is 0 Å². The van der Waals surface area contributed by atoms with Crippen LogP contribution in [0.5, 0.6) is 5.75 Å². The van der Waals surface area contributed by atoms with Crippen LogP contribution in [0.2, 0.25) is 0 Å². The molecule has 34 heavy (non-hydrogen) atoms. The summed E-state index contributed by atoms with van der Waals surface area (Å²) in [6, 6.07) is 14.8. The lowest BCUT2D eigenvalue weighted by Crippen LogP contribution is -2.11. The minimum absolute atomic E-state index is 0.255. The highest BCUT2D eigenvalue weighted by atomic mass is 32.1. The van der Waals surface area contributed by atoms with Gasteiger partial charge in [0.15, 0.2) is 10.3 Å². The van der Waals surface area contributed by atoms with Crippen LogP contribution in [0.4, 0.5) is 10.3 Å². The first kappa shape index (κ1) is 23.3. The second kappa shape index (κ2) is 10.4. The van der Waals surface area contributed by atoms with E-state index in [2.05, 4.69) is 20.6 Å². The Bertz CT molecular complexity index is 1340. The molecular formula is C25H22N4O3S2. The molecule has 2 N–H and O–H groups in total. The number of thiazole rings is 2. The molecule has 0 radical (unpaired) electrons. The van der Waals surface area contributed by atoms with Crippen molar-refractivity contribution in [3.63, 3.8) is 0 Å². The summed E-state index contributed by atoms with van der Waals surface area (Å²) in [7, 11) is 1.58. The number of benzene rings is 2. The molecule has 0 unspecified atom stereocenters. The highest BCUT2D eigenvalue weighted by molar-refractivity contribution is 7.20. The molecule has 172 valence electrons. The van der Waals surface area contributed by atoms with Gasteiger partial charge in [-0.05, 0) is 49.8 Å². The molecule has 0 bridgehead atoms. The topological polar surface area (TPSA) is 93.2 Å². The van der Waals surface area contributed by atoms with Crippen LogP contribution in [0.1, 0.15) is 27.2 Å². The van der Waals surface area contributed by atoms with Crippen molar-refractivity contribution in [1.29, 1.82) is 0 Å². The molecule has 7 nitrogen and oxygen atoms in total. The van der Waals surface area contributed by atoms with Crippen LogP contribution in [0.3, 0.4) is 0 Å². The molecule has 0 aliphatic rings. The lowest BCUT2D eigenvalue weighted by molar-refractivity contribution is -0.111. The molecule has 0 aliphatic carbocycles. The van der Waals surface area contributed by atoms with E-state index in [4.69, 9.17) is 4.74 Å². The SMILES string of the molecule is COc1ccc(C(=O)Nc2nc(C)c(-c3csc(NC(=O)/C=C/c4ccc(C)cc4)n3)s2)cc1. The molecule has 0 aliphatic heterocycles. The first-order valence-corrected chi connectivity index (χ1v) is 12.1. The van der Waals surface area contributed by atoms with E-state index in [-0.39, 0.29) is 11.8 Å². The van der Waals surface area contributed by atoms with Crippen LogP contribution in [-0.2, 0) is 4.79 Å². The van der Waals surface area contributed by atoms with E-state index in [1.165, 1.54) is 34.3 Å². The Morgan fingerprint density at radius 2 is 1.68 bits per heavy atom. The van der Waals surface area contributed by atoms with Crippen LogP contribution >= 0.6 is 22.7 Å². The molecule has 4 rings (SSSR count). The van der Waals surface area contributed by atoms with Crippen molar-refractivity contribution >= 4 is 50.8 Å². The predicted octanol–water partition coefficient (Wildman–Crippen LogP) is 5.80. The Morgan fingerprint density at radius 3 is 2.38 bits per heavy atom. The maximum atomic E-state index is 12.5. The normalized spacial score (nSPS) is 10.9. The van der Waals surface area contributed by atoms with Crippen LogP contribution in [0.15, 0.2) is 60.0 Å². The summed E-state index contributed by atoms with van der Waals surface area (Å²) >= 11 is 2.67. The fourth-order valence-corrected chi connectivity index (χ4v) is 4.73. The highest BCUT2D eigenvalue weighted by Crippen LogP contribution is 2.34. The molecular weight excluding hydrogens is 468 g/mol. The van der Waals surface area contributed by atoms with Gasteiger partial charge in [0.05, 0.1) is 23.4 Å². The molecule has 0 atom stereocenters. The number of rotatable bonds is 7. The predicted molar refractivity (Wildman–Crippen MR) is 138 cm³/mol. The fourth-order valence-electron chi connectivity index (χ4n) is 3.03. The van der Waals surface area contributed by atoms with Gasteiger partial charge >= 0.3 is 0 Å². The molecule has 0 saturated heterocycles. The molecule has 4 aromatic rings. The molecule has 2 aromatic heterocycles. The van der Waals surface area contributed by atoms with Gasteiger partial charge in [-0.1, -0.05) is 41.2 Å². The van der Waals surface area contributed by atoms with Gasteiger partial charge < -0.3 is 4.74 Å². The number of anilines is 2. The Balaban J connectivity index is 1.40. The van der Waals surface area contributed by atoms with E-state index in [1.807, 2.05) is 43.5 Å². The van der Waals surface area contributed by atoms with E-state index in [9.17, 15) is 9.59 Å². The second-order valence-corrected chi connectivity index (χ2v) is 9.24. The molecule has 0 saturated carbocycles. The number of aryl methyl sites for hydroxylation is 2. The first-order valence-electron chi connectivity index (χ1n) is 10.4. The number of hydrogen-bond donors (Lipinski definition) is 2. The van der Waals surface area contributed by atoms with Crippen molar-refractivity contribution in [2.24, 2.45) is 0 Å². The number of carbonyl (C=O) groups excluding carboxylic acids is 2. The fraction of sp³-hybridized carbons (Fsp3) is 0.120. The Hall–Kier alpha value is -3.82. The molecule has 2 aromatic carbocycles. The van der Waals surface area contributed by atoms with E-state index >= 15 is 0 Å². The smallest absolute Gasteiger partial charge is 0.257 e. The summed E-state index contributed by atoms with van der Waals surface area (Å²) < 4.78 is 5.12. The minimum Gasteiger partial charge on any atom is -0.497 e. The Kier molecular flexibility index (Phi) is 7.15. The largest absolute Gasteiger partial charge is 0.497 e. The first-order chi connectivity index (χ1) is 16.4. The molecule has 9 heteroatoms. The van der Waals surface area contributed by atoms with Crippen molar-refractivity contribution in [3.8, 4) is 16.3 Å². The number of nitrogens with zero attached hydrogens (tertiary/aromatic N) is 2. The van der Waals surface area contributed by atoms with Gasteiger partial charge in [-0.3, -0.25) is 20.2 Å². The quantitative estimate of drug-likeness (QED) is 0.320. The number of methoxy groups -OCH3 is 1. The third-order valence-corrected chi connectivity index (χ3v) is 6.69. The second-order valence-electron chi connectivity index (χ2n) is 7.39. The summed E-state index contributed by atoms with van der Waals surface area (Å²) in [4.78, 5) is 34.6. The minimum atomic E-state index is -0.255. The average Bonchev–Trinajstić information content (AvgIpc) is 3.44. The van der Waals surface area contributed by atoms with Gasteiger partial charge in [0.2, 0.25) is 5.91 Å². The van der Waals surface area contributed by atoms with E-state index in [0.717, 1.165) is 16.1 Å². The molecule has 2 heterocycles. The summed E-state index contributed by atoms with van der Waals surface area (Å²) in [6.45, 7) is 3.87. The number of hydrogen-bond acceptors (Lipinski definition) is 7. The summed E-state index contributed by atoms with van der Waals surface area (Å²) in [5, 5.41) is 8.44. The van der Waals surface area contributed by atoms with Gasteiger partial charge in [0.1, 0.15) is 5.75 Å². The number of amides is 2. The zero-order valence-corrected chi connectivity index (χ0v) is 20.4. The van der Waals surface area contributed by atoms with Gasteiger partial charge in [-0.25, -0.2) is 9.97 Å². The summed E-state index contributed by atoms with van der Waals surface area (Å²) in [6.07, 6.45) is 3.24. The summed E-state index contributed by atoms with van der Waals surface area (Å²) in [5.41, 5.74) is 4.07. The highest BCUT2D eigenvalue weighted by Gasteiger charge is 2.16. The van der Waals surface area contributed by atoms with Gasteiger partial charge in [-0.2, -0.15) is 0 Å². The Labute approximate surface area is 205 Å². The van der Waals surface area contributed by atoms with Gasteiger partial charge in [-0.15, -0.1) is 11.3 Å². The molecule has 2 amide bonds. The van der Waals surface area contributed by atoms with Crippen LogP contribution in [-0.4, -0.2) is 28.9 Å². The third-order valence-electron chi connectivity index (χ3n) is 4.84. The van der Waals surface area contributed by atoms with Gasteiger partial charge in [0, 0.05) is 17.0 Å². The van der Waals surface area contributed by atoms with Crippen LogP contribution < -0.4 is 15.4 Å². The van der Waals surface area contributed by atoms with Crippen molar-refractivity contribution in [1.82, 2.24) is 9.97 Å². The van der Waals surface area contributed by atoms with Crippen LogP contribution in [0.25, 0.3) is 16.6 Å². The third kappa shape index (κ3) is 5.75. The number of ether oxygens (including phenoxy) is 1. The average molecular weight is 491 g/mol. The maximum Gasteiger partial charge on any atom is 0.257 e. The van der Waals surface area contributed by atoms with E-state index in [0.29, 0.717) is 27.3 Å². The van der Waals surface area contributed by atoms with Crippen molar-refractivity contribution in [2.45, 2.75) is 13.8 Å². The standard InChI is InChI=1S/C25H22N4O3S2/c1-15-4-6-17(7-5-15)8-13-21(30)28-24-27-20(14-33-24)22-16(2)26-25(34-22)29-23(31)18-9-11-19(32-3)12-10-18/h4-14H,1-3H3,(H,26,29,31)(H,27,28,30)/b13-8+. The number of carbonyl (C=O) groups is 2. The monoisotopic (exact) mass is 490 g/mol. The maximum absolute atomic E-state index is 12.5. The zero-order valence-electron chi connectivity index (χ0n) is 18.8. The lowest BCUT2D eigenvalue weighted by atomic mass is 10.1. The number of nitrogens with one attached hydrogen (secondary N) is 2. The lowest BCUT2D eigenvalue weighted by Gasteiger charge is -2.03. The van der Waals surface area contributed by atoms with Crippen LogP contribution in [0, 0.1) is 13.8 Å². The molecule has 0 fully saturated rings. The number of aromatic nitrogens is 2. The van der Waals surface area contributed by atoms with Gasteiger partial charge in [0.25, 0.3) is 5.91 Å².